The van der Waals surface area contributed by atoms with Crippen LogP contribution in [0.3, 0.4) is 0 Å². The second-order valence-electron chi connectivity index (χ2n) is 7.24. The number of carbonyl (C=O) groups is 1. The summed E-state index contributed by atoms with van der Waals surface area (Å²) in [4.78, 5) is 33.4. The van der Waals surface area contributed by atoms with Crippen LogP contribution in [0.15, 0.2) is 31.1 Å². The molecule has 1 aliphatic carbocycles. The maximum Gasteiger partial charge on any atom is 0.257 e. The van der Waals surface area contributed by atoms with Gasteiger partial charge >= 0.3 is 0 Å². The molecule has 0 N–H and O–H groups in total. The fourth-order valence-corrected chi connectivity index (χ4v) is 4.11. The van der Waals surface area contributed by atoms with Gasteiger partial charge in [-0.1, -0.05) is 0 Å². The van der Waals surface area contributed by atoms with Crippen molar-refractivity contribution in [2.24, 2.45) is 5.41 Å². The van der Waals surface area contributed by atoms with Gasteiger partial charge in [0.15, 0.2) is 0 Å². The van der Waals surface area contributed by atoms with Gasteiger partial charge in [-0.15, -0.1) is 0 Å². The molecule has 0 unspecified atom stereocenters. The Balaban J connectivity index is 1.39. The molecule has 1 saturated carbocycles. The minimum absolute atomic E-state index is 0.0579. The van der Waals surface area contributed by atoms with Crippen molar-refractivity contribution >= 4 is 11.7 Å². The molecule has 4 rings (SSSR count). The summed E-state index contributed by atoms with van der Waals surface area (Å²) in [6, 6.07) is 2.42. The summed E-state index contributed by atoms with van der Waals surface area (Å²) in [6.45, 7) is 3.50. The maximum atomic E-state index is 12.8. The van der Waals surface area contributed by atoms with Crippen molar-refractivity contribution in [3.63, 3.8) is 0 Å². The molecule has 7 nitrogen and oxygen atoms in total. The second-order valence-corrected chi connectivity index (χ2v) is 7.24. The van der Waals surface area contributed by atoms with Crippen LogP contribution in [0.1, 0.15) is 35.3 Å². The van der Waals surface area contributed by atoms with Gasteiger partial charge in [0.25, 0.3) is 5.91 Å². The smallest absolute Gasteiger partial charge is 0.257 e. The summed E-state index contributed by atoms with van der Waals surface area (Å²) in [5.74, 6) is 1.01. The predicted octanol–water partition coefficient (Wildman–Crippen LogP) is 1.71. The molecule has 0 aromatic carbocycles. The number of hydrogen-bond donors (Lipinski definition) is 0. The number of aryl methyl sites for hydroxylation is 1. The van der Waals surface area contributed by atoms with Crippen LogP contribution >= 0.6 is 0 Å². The third kappa shape index (κ3) is 2.83. The first-order chi connectivity index (χ1) is 12.1. The highest BCUT2D eigenvalue weighted by molar-refractivity contribution is 5.95. The first-order valence-electron chi connectivity index (χ1n) is 8.63. The molecule has 2 aromatic rings. The lowest BCUT2D eigenvalue weighted by Gasteiger charge is -2.49. The monoisotopic (exact) mass is 338 g/mol. The highest BCUT2D eigenvalue weighted by Gasteiger charge is 2.50. The van der Waals surface area contributed by atoms with E-state index in [0.29, 0.717) is 11.6 Å². The van der Waals surface area contributed by atoms with Gasteiger partial charge in [0.2, 0.25) is 0 Å². The number of nitrogens with zero attached hydrogens (tertiary/aromatic N) is 6. The van der Waals surface area contributed by atoms with E-state index in [1.54, 1.807) is 18.7 Å². The molecule has 7 heteroatoms. The van der Waals surface area contributed by atoms with Crippen molar-refractivity contribution in [1.82, 2.24) is 24.8 Å². The van der Waals surface area contributed by atoms with Crippen molar-refractivity contribution in [2.45, 2.75) is 32.2 Å². The number of aromatic nitrogens is 4. The minimum atomic E-state index is 0.0579. The van der Waals surface area contributed by atoms with E-state index in [1.807, 2.05) is 17.9 Å². The molecule has 2 aliphatic rings. The molecule has 3 heterocycles. The van der Waals surface area contributed by atoms with Crippen molar-refractivity contribution < 1.29 is 4.79 Å². The fraction of sp³-hybridized carbons (Fsp3) is 0.500. The zero-order chi connectivity index (χ0) is 17.4. The van der Waals surface area contributed by atoms with E-state index in [2.05, 4.69) is 31.9 Å². The molecule has 1 aliphatic heterocycles. The van der Waals surface area contributed by atoms with E-state index in [-0.39, 0.29) is 11.3 Å². The van der Waals surface area contributed by atoms with Gasteiger partial charge in [-0.2, -0.15) is 0 Å². The maximum absolute atomic E-state index is 12.8. The van der Waals surface area contributed by atoms with Crippen LogP contribution in [0, 0.1) is 12.3 Å². The second kappa shape index (κ2) is 6.06. The molecular formula is C18H22N6O. The molecule has 1 saturated heterocycles. The largest absolute Gasteiger partial charge is 0.357 e. The van der Waals surface area contributed by atoms with E-state index in [4.69, 9.17) is 0 Å². The summed E-state index contributed by atoms with van der Waals surface area (Å²) < 4.78 is 0. The molecule has 130 valence electrons. The average molecular weight is 338 g/mol. The lowest BCUT2D eigenvalue weighted by Crippen LogP contribution is -2.51. The van der Waals surface area contributed by atoms with Crippen molar-refractivity contribution in [3.8, 4) is 0 Å². The van der Waals surface area contributed by atoms with Gasteiger partial charge in [0.1, 0.15) is 18.5 Å². The van der Waals surface area contributed by atoms with Crippen LogP contribution in [-0.4, -0.2) is 56.9 Å². The van der Waals surface area contributed by atoms with Gasteiger partial charge in [0.05, 0.1) is 11.3 Å². The molecule has 1 spiro atoms. The molecule has 2 fully saturated rings. The Hall–Kier alpha value is -2.57. The quantitative estimate of drug-likeness (QED) is 0.848. The zero-order valence-electron chi connectivity index (χ0n) is 14.6. The van der Waals surface area contributed by atoms with Crippen LogP contribution in [-0.2, 0) is 0 Å². The van der Waals surface area contributed by atoms with E-state index in [9.17, 15) is 4.79 Å². The summed E-state index contributed by atoms with van der Waals surface area (Å²) in [6.07, 6.45) is 9.73. The Kier molecular flexibility index (Phi) is 3.86. The molecule has 0 atom stereocenters. The van der Waals surface area contributed by atoms with Crippen LogP contribution in [0.5, 0.6) is 0 Å². The van der Waals surface area contributed by atoms with Crippen LogP contribution in [0.2, 0.25) is 0 Å². The topological polar surface area (TPSA) is 75.1 Å². The fourth-order valence-electron chi connectivity index (χ4n) is 4.11. The lowest BCUT2D eigenvalue weighted by molar-refractivity contribution is 0.0697. The highest BCUT2D eigenvalue weighted by Crippen LogP contribution is 2.50. The van der Waals surface area contributed by atoms with Crippen LogP contribution in [0.25, 0.3) is 0 Å². The molecule has 0 bridgehead atoms. The summed E-state index contributed by atoms with van der Waals surface area (Å²) in [7, 11) is 2.09. The number of anilines is 1. The van der Waals surface area contributed by atoms with Crippen molar-refractivity contribution in [3.05, 3.63) is 42.4 Å². The first-order valence-corrected chi connectivity index (χ1v) is 8.63. The predicted molar refractivity (Wildman–Crippen MR) is 93.2 cm³/mol. The normalized spacial score (nSPS) is 25.0. The number of likely N-dealkylation sites (tertiary alicyclic amines) is 1. The van der Waals surface area contributed by atoms with Crippen LogP contribution < -0.4 is 4.90 Å². The van der Waals surface area contributed by atoms with Gasteiger partial charge in [0, 0.05) is 38.6 Å². The molecular weight excluding hydrogens is 316 g/mol. The average Bonchev–Trinajstić information content (AvgIpc) is 3.06. The van der Waals surface area contributed by atoms with Crippen LogP contribution in [0.4, 0.5) is 5.82 Å². The highest BCUT2D eigenvalue weighted by atomic mass is 16.2. The Bertz CT molecular complexity index is 774. The van der Waals surface area contributed by atoms with Crippen molar-refractivity contribution in [1.29, 1.82) is 0 Å². The standard InChI is InChI=1S/C18H22N6O/c1-13-15(9-20-12-21-13)17(25)24-6-4-18(10-24)7-14(8-18)23(2)16-3-5-19-11-22-16/h3,5,9,11-12,14H,4,6-8,10H2,1-2H3. The Labute approximate surface area is 147 Å². The summed E-state index contributed by atoms with van der Waals surface area (Å²) >= 11 is 0. The van der Waals surface area contributed by atoms with Crippen molar-refractivity contribution in [2.75, 3.05) is 25.0 Å². The molecule has 2 aromatic heterocycles. The number of hydrogen-bond acceptors (Lipinski definition) is 6. The van der Waals surface area contributed by atoms with Gasteiger partial charge in [-0.25, -0.2) is 19.9 Å². The SMILES string of the molecule is Cc1ncncc1C(=O)N1CCC2(CC(N(C)c3ccncn3)C2)C1. The molecule has 1 amide bonds. The lowest BCUT2D eigenvalue weighted by atomic mass is 9.64. The van der Waals surface area contributed by atoms with E-state index in [1.165, 1.54) is 6.33 Å². The Morgan fingerprint density at radius 1 is 1.28 bits per heavy atom. The third-order valence-corrected chi connectivity index (χ3v) is 5.68. The molecule has 25 heavy (non-hydrogen) atoms. The van der Waals surface area contributed by atoms with E-state index < -0.39 is 0 Å². The number of amides is 1. The Morgan fingerprint density at radius 2 is 2.08 bits per heavy atom. The Morgan fingerprint density at radius 3 is 2.80 bits per heavy atom. The van der Waals surface area contributed by atoms with E-state index in [0.717, 1.165) is 43.9 Å². The third-order valence-electron chi connectivity index (χ3n) is 5.68. The number of rotatable bonds is 3. The summed E-state index contributed by atoms with van der Waals surface area (Å²) in [5.41, 5.74) is 1.62. The van der Waals surface area contributed by atoms with Gasteiger partial charge in [-0.3, -0.25) is 4.79 Å². The summed E-state index contributed by atoms with van der Waals surface area (Å²) in [5, 5.41) is 0. The van der Waals surface area contributed by atoms with E-state index >= 15 is 0 Å². The van der Waals surface area contributed by atoms with Gasteiger partial charge in [-0.05, 0) is 37.7 Å². The minimum Gasteiger partial charge on any atom is -0.357 e. The number of carbonyl (C=O) groups excluding carboxylic acids is 1. The first kappa shape index (κ1) is 15.9. The zero-order valence-corrected chi connectivity index (χ0v) is 14.6. The molecule has 0 radical (unpaired) electrons. The van der Waals surface area contributed by atoms with Gasteiger partial charge < -0.3 is 9.80 Å².